The third kappa shape index (κ3) is 4.82. The molecule has 0 amide bonds. The van der Waals surface area contributed by atoms with Gasteiger partial charge in [0.1, 0.15) is 6.10 Å². The lowest BCUT2D eigenvalue weighted by Crippen LogP contribution is -2.13. The Hall–Kier alpha value is -1.92. The first-order chi connectivity index (χ1) is 10.5. The van der Waals surface area contributed by atoms with Gasteiger partial charge in [-0.1, -0.05) is 25.1 Å². The molecule has 6 heteroatoms. The van der Waals surface area contributed by atoms with Gasteiger partial charge >= 0.3 is 0 Å². The lowest BCUT2D eigenvalue weighted by molar-refractivity contribution is 0.187. The zero-order chi connectivity index (χ0) is 16.0. The van der Waals surface area contributed by atoms with E-state index < -0.39 is 15.9 Å². The SMILES string of the molecule is CCS(=O)(=O)Cc1ccc(NCC(O)c2ccccn2)cc1. The molecule has 0 saturated heterocycles. The van der Waals surface area contributed by atoms with Crippen LogP contribution in [0.5, 0.6) is 0 Å². The zero-order valence-electron chi connectivity index (χ0n) is 12.4. The highest BCUT2D eigenvalue weighted by Crippen LogP contribution is 2.15. The van der Waals surface area contributed by atoms with Crippen molar-refractivity contribution in [1.29, 1.82) is 0 Å². The number of aromatic nitrogens is 1. The molecule has 1 aromatic carbocycles. The number of sulfone groups is 1. The summed E-state index contributed by atoms with van der Waals surface area (Å²) in [6.07, 6.45) is 0.947. The van der Waals surface area contributed by atoms with Crippen LogP contribution in [0, 0.1) is 0 Å². The molecule has 1 unspecified atom stereocenters. The van der Waals surface area contributed by atoms with Gasteiger partial charge in [-0.3, -0.25) is 4.98 Å². The quantitative estimate of drug-likeness (QED) is 0.817. The molecule has 2 rings (SSSR count). The van der Waals surface area contributed by atoms with Crippen LogP contribution in [0.1, 0.15) is 24.3 Å². The molecule has 0 radical (unpaired) electrons. The first-order valence-electron chi connectivity index (χ1n) is 7.12. The number of aliphatic hydroxyl groups is 1. The molecular formula is C16H20N2O3S. The Labute approximate surface area is 131 Å². The maximum atomic E-state index is 11.6. The van der Waals surface area contributed by atoms with Gasteiger partial charge in [-0.15, -0.1) is 0 Å². The van der Waals surface area contributed by atoms with Gasteiger partial charge in [-0.2, -0.15) is 0 Å². The largest absolute Gasteiger partial charge is 0.385 e. The summed E-state index contributed by atoms with van der Waals surface area (Å²) < 4.78 is 23.1. The molecule has 0 saturated carbocycles. The Morgan fingerprint density at radius 1 is 1.18 bits per heavy atom. The van der Waals surface area contributed by atoms with Gasteiger partial charge in [-0.05, 0) is 29.8 Å². The molecule has 0 aliphatic carbocycles. The summed E-state index contributed by atoms with van der Waals surface area (Å²) in [6, 6.07) is 12.6. The second-order valence-corrected chi connectivity index (χ2v) is 7.38. The summed E-state index contributed by atoms with van der Waals surface area (Å²) in [4.78, 5) is 4.10. The predicted molar refractivity (Wildman–Crippen MR) is 87.3 cm³/mol. The molecule has 0 aliphatic heterocycles. The van der Waals surface area contributed by atoms with E-state index in [1.54, 1.807) is 37.4 Å². The van der Waals surface area contributed by atoms with E-state index in [1.807, 2.05) is 18.2 Å². The Balaban J connectivity index is 1.92. The van der Waals surface area contributed by atoms with Crippen LogP contribution < -0.4 is 5.32 Å². The topological polar surface area (TPSA) is 79.3 Å². The third-order valence-electron chi connectivity index (χ3n) is 3.31. The highest BCUT2D eigenvalue weighted by Gasteiger charge is 2.10. The van der Waals surface area contributed by atoms with E-state index in [0.29, 0.717) is 12.2 Å². The Morgan fingerprint density at radius 2 is 1.91 bits per heavy atom. The molecule has 1 heterocycles. The molecule has 2 N–H and O–H groups in total. The molecule has 0 spiro atoms. The number of nitrogens with zero attached hydrogens (tertiary/aromatic N) is 1. The molecular weight excluding hydrogens is 300 g/mol. The van der Waals surface area contributed by atoms with E-state index in [-0.39, 0.29) is 11.5 Å². The van der Waals surface area contributed by atoms with Gasteiger partial charge in [0.25, 0.3) is 0 Å². The Morgan fingerprint density at radius 3 is 2.50 bits per heavy atom. The van der Waals surface area contributed by atoms with E-state index >= 15 is 0 Å². The van der Waals surface area contributed by atoms with Crippen LogP contribution in [0.4, 0.5) is 5.69 Å². The van der Waals surface area contributed by atoms with Crippen molar-refractivity contribution in [2.45, 2.75) is 18.8 Å². The molecule has 0 bridgehead atoms. The molecule has 0 aliphatic rings. The summed E-state index contributed by atoms with van der Waals surface area (Å²) in [5.74, 6) is 0.198. The van der Waals surface area contributed by atoms with Crippen molar-refractivity contribution in [3.8, 4) is 0 Å². The summed E-state index contributed by atoms with van der Waals surface area (Å²) in [7, 11) is -3.02. The minimum Gasteiger partial charge on any atom is -0.385 e. The van der Waals surface area contributed by atoms with Crippen molar-refractivity contribution in [1.82, 2.24) is 4.98 Å². The summed E-state index contributed by atoms with van der Waals surface area (Å²) >= 11 is 0. The second-order valence-electron chi connectivity index (χ2n) is 5.02. The number of nitrogens with one attached hydrogen (secondary N) is 1. The van der Waals surface area contributed by atoms with Crippen molar-refractivity contribution in [3.63, 3.8) is 0 Å². The number of pyridine rings is 1. The van der Waals surface area contributed by atoms with Crippen LogP contribution in [0.2, 0.25) is 0 Å². The van der Waals surface area contributed by atoms with E-state index in [9.17, 15) is 13.5 Å². The van der Waals surface area contributed by atoms with Gasteiger partial charge in [0.05, 0.1) is 11.4 Å². The molecule has 2 aromatic rings. The molecule has 1 atom stereocenters. The smallest absolute Gasteiger partial charge is 0.154 e. The summed E-state index contributed by atoms with van der Waals surface area (Å²) in [5, 5.41) is 13.1. The minimum absolute atomic E-state index is 0.0559. The number of hydrogen-bond donors (Lipinski definition) is 2. The first kappa shape index (κ1) is 16.5. The standard InChI is InChI=1S/C16H20N2O3S/c1-2-22(20,21)12-13-6-8-14(9-7-13)18-11-16(19)15-5-3-4-10-17-15/h3-10,16,18-19H,2,11-12H2,1H3. The van der Waals surface area contributed by atoms with E-state index in [2.05, 4.69) is 10.3 Å². The van der Waals surface area contributed by atoms with Crippen LogP contribution in [0.3, 0.4) is 0 Å². The highest BCUT2D eigenvalue weighted by molar-refractivity contribution is 7.90. The Kier molecular flexibility index (Phi) is 5.51. The summed E-state index contributed by atoms with van der Waals surface area (Å²) in [6.45, 7) is 1.98. The number of hydrogen-bond acceptors (Lipinski definition) is 5. The predicted octanol–water partition coefficient (Wildman–Crippen LogP) is 2.16. The first-order valence-corrected chi connectivity index (χ1v) is 8.94. The van der Waals surface area contributed by atoms with Crippen molar-refractivity contribution in [3.05, 3.63) is 59.9 Å². The van der Waals surface area contributed by atoms with E-state index in [1.165, 1.54) is 0 Å². The normalized spacial score (nSPS) is 12.8. The zero-order valence-corrected chi connectivity index (χ0v) is 13.3. The van der Waals surface area contributed by atoms with Crippen LogP contribution in [-0.4, -0.2) is 30.8 Å². The second kappa shape index (κ2) is 7.38. The molecule has 118 valence electrons. The van der Waals surface area contributed by atoms with Gasteiger partial charge in [-0.25, -0.2) is 8.42 Å². The number of anilines is 1. The van der Waals surface area contributed by atoms with Gasteiger partial charge < -0.3 is 10.4 Å². The van der Waals surface area contributed by atoms with E-state index in [4.69, 9.17) is 0 Å². The van der Waals surface area contributed by atoms with Crippen LogP contribution in [0.25, 0.3) is 0 Å². The lowest BCUT2D eigenvalue weighted by atomic mass is 10.2. The average molecular weight is 320 g/mol. The van der Waals surface area contributed by atoms with Crippen LogP contribution >= 0.6 is 0 Å². The number of benzene rings is 1. The van der Waals surface area contributed by atoms with Crippen LogP contribution in [0.15, 0.2) is 48.7 Å². The highest BCUT2D eigenvalue weighted by atomic mass is 32.2. The fourth-order valence-corrected chi connectivity index (χ4v) is 2.87. The maximum absolute atomic E-state index is 11.6. The lowest BCUT2D eigenvalue weighted by Gasteiger charge is -2.12. The van der Waals surface area contributed by atoms with Crippen LogP contribution in [-0.2, 0) is 15.6 Å². The third-order valence-corrected chi connectivity index (χ3v) is 4.96. The molecule has 5 nitrogen and oxygen atoms in total. The number of rotatable bonds is 7. The van der Waals surface area contributed by atoms with Gasteiger partial charge in [0, 0.05) is 24.2 Å². The Bertz CT molecular complexity index is 685. The van der Waals surface area contributed by atoms with Gasteiger partial charge in [0.2, 0.25) is 0 Å². The fraction of sp³-hybridized carbons (Fsp3) is 0.312. The van der Waals surface area contributed by atoms with Crippen molar-refractivity contribution >= 4 is 15.5 Å². The van der Waals surface area contributed by atoms with Crippen molar-refractivity contribution in [2.75, 3.05) is 17.6 Å². The van der Waals surface area contributed by atoms with Crippen molar-refractivity contribution in [2.24, 2.45) is 0 Å². The minimum atomic E-state index is -3.02. The maximum Gasteiger partial charge on any atom is 0.154 e. The number of aliphatic hydroxyl groups excluding tert-OH is 1. The van der Waals surface area contributed by atoms with Crippen molar-refractivity contribution < 1.29 is 13.5 Å². The monoisotopic (exact) mass is 320 g/mol. The molecule has 1 aromatic heterocycles. The molecule has 22 heavy (non-hydrogen) atoms. The van der Waals surface area contributed by atoms with E-state index in [0.717, 1.165) is 11.3 Å². The summed E-state index contributed by atoms with van der Waals surface area (Å²) in [5.41, 5.74) is 2.20. The van der Waals surface area contributed by atoms with Gasteiger partial charge in [0.15, 0.2) is 9.84 Å². The fourth-order valence-electron chi connectivity index (χ4n) is 1.97. The average Bonchev–Trinajstić information content (AvgIpc) is 2.54. The molecule has 0 fully saturated rings.